The van der Waals surface area contributed by atoms with Gasteiger partial charge in [-0.1, -0.05) is 31.3 Å². The van der Waals surface area contributed by atoms with Crippen molar-refractivity contribution < 1.29 is 0 Å². The summed E-state index contributed by atoms with van der Waals surface area (Å²) in [6.07, 6.45) is 0.734. The second-order valence-electron chi connectivity index (χ2n) is 4.84. The van der Waals surface area contributed by atoms with Gasteiger partial charge in [0.25, 0.3) is 0 Å². The summed E-state index contributed by atoms with van der Waals surface area (Å²) in [5.41, 5.74) is 9.03. The first kappa shape index (κ1) is 20.0. The monoisotopic (exact) mass is 364 g/mol. The summed E-state index contributed by atoms with van der Waals surface area (Å²) in [5, 5.41) is 15.2. The number of hydrogen-bond donors (Lipinski definition) is 4. The topological polar surface area (TPSA) is 72.8 Å². The Kier molecular flexibility index (Phi) is 8.88. The summed E-state index contributed by atoms with van der Waals surface area (Å²) >= 11 is 10.2. The number of nitrogens with zero attached hydrogens (tertiary/aromatic N) is 2. The Morgan fingerprint density at radius 3 is 2.25 bits per heavy atom. The Balaban J connectivity index is 3.08. The summed E-state index contributed by atoms with van der Waals surface area (Å²) in [6, 6.07) is 7.97. The number of anilines is 1. The minimum atomic E-state index is 0.432. The molecule has 0 unspecified atom stereocenters. The molecule has 24 heavy (non-hydrogen) atoms. The Morgan fingerprint density at radius 2 is 1.71 bits per heavy atom. The van der Waals surface area contributed by atoms with Crippen molar-refractivity contribution in [2.24, 2.45) is 10.2 Å². The Labute approximate surface area is 154 Å². The van der Waals surface area contributed by atoms with Crippen LogP contribution in [0.1, 0.15) is 32.8 Å². The third-order valence-electron chi connectivity index (χ3n) is 3.05. The molecule has 0 aliphatic heterocycles. The van der Waals surface area contributed by atoms with Crippen LogP contribution in [0.4, 0.5) is 5.69 Å². The predicted octanol–water partition coefficient (Wildman–Crippen LogP) is 2.62. The molecule has 0 aliphatic carbocycles. The number of nitrogens with one attached hydrogen (secondary N) is 4. The molecule has 0 radical (unpaired) electrons. The molecule has 1 aromatic rings. The van der Waals surface area contributed by atoms with Crippen LogP contribution in [0.15, 0.2) is 34.5 Å². The lowest BCUT2D eigenvalue weighted by molar-refractivity contribution is 0.974. The lowest BCUT2D eigenvalue weighted by Gasteiger charge is -2.10. The van der Waals surface area contributed by atoms with Gasteiger partial charge in [0.1, 0.15) is 5.71 Å². The lowest BCUT2D eigenvalue weighted by Crippen LogP contribution is -2.31. The van der Waals surface area contributed by atoms with E-state index in [-0.39, 0.29) is 0 Å². The van der Waals surface area contributed by atoms with Crippen molar-refractivity contribution in [2.75, 3.05) is 18.9 Å². The van der Waals surface area contributed by atoms with E-state index < -0.39 is 0 Å². The van der Waals surface area contributed by atoms with E-state index in [1.165, 1.54) is 0 Å². The highest BCUT2D eigenvalue weighted by Crippen LogP contribution is 2.11. The lowest BCUT2D eigenvalue weighted by atomic mass is 10.1. The summed E-state index contributed by atoms with van der Waals surface area (Å²) in [5.74, 6) is 0. The van der Waals surface area contributed by atoms with Crippen LogP contribution in [0.5, 0.6) is 0 Å². The Bertz CT molecular complexity index is 622. The van der Waals surface area contributed by atoms with Crippen molar-refractivity contribution in [1.29, 1.82) is 0 Å². The quantitative estimate of drug-likeness (QED) is 0.339. The fraction of sp³-hybridized carbons (Fsp3) is 0.375. The van der Waals surface area contributed by atoms with Crippen LogP contribution in [0.3, 0.4) is 0 Å². The Morgan fingerprint density at radius 1 is 1.04 bits per heavy atom. The van der Waals surface area contributed by atoms with E-state index in [1.54, 1.807) is 7.05 Å². The standard InChI is InChI=1S/C16H24N6S2/c1-5-14(23)20-19-11(3)15(21-22-16(24)17-4)12-7-9-13(10-8-12)18-6-2/h7-10,18H,5-6H2,1-4H3,(H,20,23)(H2,17,22,24). The molecule has 0 spiro atoms. The molecule has 0 aliphatic rings. The van der Waals surface area contributed by atoms with E-state index in [1.807, 2.05) is 38.1 Å². The zero-order valence-corrected chi connectivity index (χ0v) is 16.1. The molecule has 6 nitrogen and oxygen atoms in total. The summed E-state index contributed by atoms with van der Waals surface area (Å²) in [6.45, 7) is 6.77. The molecule has 0 saturated carbocycles. The van der Waals surface area contributed by atoms with Gasteiger partial charge >= 0.3 is 0 Å². The number of hydrogen-bond acceptors (Lipinski definition) is 5. The van der Waals surface area contributed by atoms with Crippen molar-refractivity contribution in [2.45, 2.75) is 27.2 Å². The van der Waals surface area contributed by atoms with Gasteiger partial charge in [-0.05, 0) is 44.6 Å². The minimum Gasteiger partial charge on any atom is -0.385 e. The van der Waals surface area contributed by atoms with Crippen molar-refractivity contribution in [3.63, 3.8) is 0 Å². The van der Waals surface area contributed by atoms with E-state index in [0.29, 0.717) is 21.5 Å². The second-order valence-corrected chi connectivity index (χ2v) is 5.75. The van der Waals surface area contributed by atoms with Gasteiger partial charge in [0.05, 0.1) is 10.7 Å². The molecule has 130 valence electrons. The maximum absolute atomic E-state index is 5.14. The second kappa shape index (κ2) is 10.7. The zero-order chi connectivity index (χ0) is 17.9. The minimum absolute atomic E-state index is 0.432. The van der Waals surface area contributed by atoms with Crippen molar-refractivity contribution in [3.8, 4) is 0 Å². The molecular formula is C16H24N6S2. The summed E-state index contributed by atoms with van der Waals surface area (Å²) in [7, 11) is 1.73. The predicted molar refractivity (Wildman–Crippen MR) is 111 cm³/mol. The summed E-state index contributed by atoms with van der Waals surface area (Å²) < 4.78 is 0. The highest BCUT2D eigenvalue weighted by molar-refractivity contribution is 7.80. The van der Waals surface area contributed by atoms with Crippen LogP contribution >= 0.6 is 24.4 Å². The van der Waals surface area contributed by atoms with Gasteiger partial charge in [-0.25, -0.2) is 0 Å². The van der Waals surface area contributed by atoms with Crippen molar-refractivity contribution in [3.05, 3.63) is 29.8 Å². The Hall–Kier alpha value is -2.06. The van der Waals surface area contributed by atoms with Crippen LogP contribution in [-0.4, -0.2) is 35.1 Å². The normalized spacial score (nSPS) is 11.7. The molecule has 0 aromatic heterocycles. The fourth-order valence-electron chi connectivity index (χ4n) is 1.75. The average Bonchev–Trinajstić information content (AvgIpc) is 2.61. The van der Waals surface area contributed by atoms with E-state index in [9.17, 15) is 0 Å². The number of hydrazone groups is 2. The van der Waals surface area contributed by atoms with E-state index in [0.717, 1.165) is 24.2 Å². The molecule has 0 bridgehead atoms. The van der Waals surface area contributed by atoms with Crippen molar-refractivity contribution in [1.82, 2.24) is 16.2 Å². The van der Waals surface area contributed by atoms with Gasteiger partial charge in [0.2, 0.25) is 0 Å². The molecule has 0 amide bonds. The summed E-state index contributed by atoms with van der Waals surface area (Å²) in [4.78, 5) is 0.676. The maximum atomic E-state index is 5.14. The molecule has 1 rings (SSSR count). The van der Waals surface area contributed by atoms with Crippen LogP contribution in [0, 0.1) is 0 Å². The molecule has 1 aromatic carbocycles. The van der Waals surface area contributed by atoms with Gasteiger partial charge in [-0.15, -0.1) is 0 Å². The van der Waals surface area contributed by atoms with E-state index in [2.05, 4.69) is 38.6 Å². The van der Waals surface area contributed by atoms with E-state index in [4.69, 9.17) is 24.4 Å². The van der Waals surface area contributed by atoms with Gasteiger partial charge in [-0.3, -0.25) is 10.9 Å². The molecule has 0 saturated heterocycles. The number of benzene rings is 1. The molecule has 0 atom stereocenters. The van der Waals surface area contributed by atoms with Crippen molar-refractivity contribution >= 4 is 51.6 Å². The smallest absolute Gasteiger partial charge is 0.186 e. The highest BCUT2D eigenvalue weighted by atomic mass is 32.1. The van der Waals surface area contributed by atoms with Crippen LogP contribution in [0.2, 0.25) is 0 Å². The average molecular weight is 365 g/mol. The maximum Gasteiger partial charge on any atom is 0.186 e. The third-order valence-corrected chi connectivity index (χ3v) is 3.72. The third kappa shape index (κ3) is 6.59. The first-order valence-corrected chi connectivity index (χ1v) is 8.56. The van der Waals surface area contributed by atoms with Gasteiger partial charge in [-0.2, -0.15) is 10.2 Å². The van der Waals surface area contributed by atoms with Gasteiger partial charge in [0, 0.05) is 24.8 Å². The van der Waals surface area contributed by atoms with Crippen LogP contribution < -0.4 is 21.5 Å². The highest BCUT2D eigenvalue weighted by Gasteiger charge is 2.09. The first-order valence-electron chi connectivity index (χ1n) is 7.75. The molecular weight excluding hydrogens is 340 g/mol. The number of rotatable bonds is 7. The van der Waals surface area contributed by atoms with Gasteiger partial charge in [0.15, 0.2) is 5.11 Å². The zero-order valence-electron chi connectivity index (χ0n) is 14.4. The largest absolute Gasteiger partial charge is 0.385 e. The molecule has 8 heteroatoms. The fourth-order valence-corrected chi connectivity index (χ4v) is 1.84. The SMILES string of the molecule is CCNc1ccc(C(=NNC(=S)NC)C(C)=NNC(=S)CC)cc1. The number of thiocarbonyl (C=S) groups is 2. The molecule has 0 fully saturated rings. The van der Waals surface area contributed by atoms with Gasteiger partial charge < -0.3 is 10.6 Å². The van der Waals surface area contributed by atoms with Crippen LogP contribution in [-0.2, 0) is 0 Å². The molecule has 0 heterocycles. The van der Waals surface area contributed by atoms with E-state index >= 15 is 0 Å². The van der Waals surface area contributed by atoms with Crippen LogP contribution in [0.25, 0.3) is 0 Å². The molecule has 4 N–H and O–H groups in total. The first-order chi connectivity index (χ1) is 11.5.